The molecule has 2 rings (SSSR count). The molecule has 0 aliphatic heterocycles. The summed E-state index contributed by atoms with van der Waals surface area (Å²) in [4.78, 5) is 0. The zero-order chi connectivity index (χ0) is 12.1. The van der Waals surface area contributed by atoms with Crippen LogP contribution in [0.4, 0.5) is 0 Å². The molecule has 2 nitrogen and oxygen atoms in total. The first-order chi connectivity index (χ1) is 8.25. The van der Waals surface area contributed by atoms with Gasteiger partial charge in [0, 0.05) is 17.1 Å². The SMILES string of the molecule is CC(NCCOc1cccc(Br)c1)C1CCC1. The van der Waals surface area contributed by atoms with E-state index in [2.05, 4.69) is 28.2 Å². The van der Waals surface area contributed by atoms with Crippen molar-refractivity contribution in [3.63, 3.8) is 0 Å². The first-order valence-corrected chi connectivity index (χ1v) is 7.17. The van der Waals surface area contributed by atoms with Crippen LogP contribution in [0.25, 0.3) is 0 Å². The number of benzene rings is 1. The fourth-order valence-corrected chi connectivity index (χ4v) is 2.50. The Labute approximate surface area is 112 Å². The predicted octanol–water partition coefficient (Wildman–Crippen LogP) is 3.61. The van der Waals surface area contributed by atoms with Gasteiger partial charge in [0.2, 0.25) is 0 Å². The first kappa shape index (κ1) is 12.9. The monoisotopic (exact) mass is 297 g/mol. The molecule has 0 bridgehead atoms. The van der Waals surface area contributed by atoms with E-state index in [1.54, 1.807) is 0 Å². The van der Waals surface area contributed by atoms with E-state index in [0.29, 0.717) is 6.04 Å². The van der Waals surface area contributed by atoms with Gasteiger partial charge in [-0.25, -0.2) is 0 Å². The zero-order valence-electron chi connectivity index (χ0n) is 10.3. The van der Waals surface area contributed by atoms with Gasteiger partial charge >= 0.3 is 0 Å². The Balaban J connectivity index is 1.62. The highest BCUT2D eigenvalue weighted by atomic mass is 79.9. The van der Waals surface area contributed by atoms with Gasteiger partial charge in [0.1, 0.15) is 12.4 Å². The van der Waals surface area contributed by atoms with Crippen LogP contribution < -0.4 is 10.1 Å². The van der Waals surface area contributed by atoms with Crippen molar-refractivity contribution in [1.29, 1.82) is 0 Å². The van der Waals surface area contributed by atoms with Gasteiger partial charge in [0.05, 0.1) is 0 Å². The summed E-state index contributed by atoms with van der Waals surface area (Å²) in [6.07, 6.45) is 4.19. The minimum absolute atomic E-state index is 0.634. The maximum absolute atomic E-state index is 5.68. The van der Waals surface area contributed by atoms with Gasteiger partial charge in [-0.2, -0.15) is 0 Å². The van der Waals surface area contributed by atoms with Crippen LogP contribution in [0.2, 0.25) is 0 Å². The van der Waals surface area contributed by atoms with Gasteiger partial charge in [0.15, 0.2) is 0 Å². The Morgan fingerprint density at radius 3 is 2.94 bits per heavy atom. The molecule has 3 heteroatoms. The maximum atomic E-state index is 5.68. The van der Waals surface area contributed by atoms with Crippen LogP contribution in [0.5, 0.6) is 5.75 Å². The lowest BCUT2D eigenvalue weighted by Gasteiger charge is -2.32. The van der Waals surface area contributed by atoms with Crippen molar-refractivity contribution >= 4 is 15.9 Å². The second-order valence-electron chi connectivity index (χ2n) is 4.74. The summed E-state index contributed by atoms with van der Waals surface area (Å²) in [5.74, 6) is 1.82. The average Bonchev–Trinajstić information content (AvgIpc) is 2.22. The highest BCUT2D eigenvalue weighted by molar-refractivity contribution is 9.10. The lowest BCUT2D eigenvalue weighted by Crippen LogP contribution is -2.39. The quantitative estimate of drug-likeness (QED) is 0.810. The fraction of sp³-hybridized carbons (Fsp3) is 0.571. The largest absolute Gasteiger partial charge is 0.492 e. The van der Waals surface area contributed by atoms with Crippen molar-refractivity contribution in [2.45, 2.75) is 32.2 Å². The zero-order valence-corrected chi connectivity index (χ0v) is 11.9. The number of ether oxygens (including phenoxy) is 1. The molecular formula is C14H20BrNO. The van der Waals surface area contributed by atoms with E-state index in [-0.39, 0.29) is 0 Å². The Bertz CT molecular complexity index is 352. The third kappa shape index (κ3) is 4.00. The molecular weight excluding hydrogens is 278 g/mol. The molecule has 1 fully saturated rings. The molecule has 1 unspecified atom stereocenters. The summed E-state index contributed by atoms with van der Waals surface area (Å²) >= 11 is 3.43. The van der Waals surface area contributed by atoms with Crippen molar-refractivity contribution < 1.29 is 4.74 Å². The number of hydrogen-bond donors (Lipinski definition) is 1. The molecule has 1 N–H and O–H groups in total. The Hall–Kier alpha value is -0.540. The molecule has 0 amide bonds. The van der Waals surface area contributed by atoms with Gasteiger partial charge in [-0.3, -0.25) is 0 Å². The van der Waals surface area contributed by atoms with Gasteiger partial charge in [-0.15, -0.1) is 0 Å². The number of halogens is 1. The van der Waals surface area contributed by atoms with Crippen LogP contribution in [0.3, 0.4) is 0 Å². The first-order valence-electron chi connectivity index (χ1n) is 6.37. The molecule has 1 atom stereocenters. The van der Waals surface area contributed by atoms with Crippen molar-refractivity contribution in [1.82, 2.24) is 5.32 Å². The van der Waals surface area contributed by atoms with Gasteiger partial charge in [0.25, 0.3) is 0 Å². The number of rotatable bonds is 6. The molecule has 0 heterocycles. The molecule has 1 aromatic carbocycles. The van der Waals surface area contributed by atoms with Crippen molar-refractivity contribution in [3.05, 3.63) is 28.7 Å². The Kier molecular flexibility index (Phi) is 4.86. The summed E-state index contributed by atoms with van der Waals surface area (Å²) in [5.41, 5.74) is 0. The highest BCUT2D eigenvalue weighted by Gasteiger charge is 2.22. The minimum Gasteiger partial charge on any atom is -0.492 e. The molecule has 0 radical (unpaired) electrons. The normalized spacial score (nSPS) is 17.5. The van der Waals surface area contributed by atoms with Gasteiger partial charge in [-0.1, -0.05) is 28.4 Å². The standard InChI is InChI=1S/C14H20BrNO/c1-11(12-4-2-5-12)16-8-9-17-14-7-3-6-13(15)10-14/h3,6-7,10-12,16H,2,4-5,8-9H2,1H3. The minimum atomic E-state index is 0.634. The Morgan fingerprint density at radius 2 is 2.29 bits per heavy atom. The third-order valence-corrected chi connectivity index (χ3v) is 3.98. The van der Waals surface area contributed by atoms with E-state index in [1.807, 2.05) is 24.3 Å². The van der Waals surface area contributed by atoms with Crippen LogP contribution in [-0.4, -0.2) is 19.2 Å². The third-order valence-electron chi connectivity index (χ3n) is 3.49. The predicted molar refractivity (Wildman–Crippen MR) is 74.4 cm³/mol. The second-order valence-corrected chi connectivity index (χ2v) is 5.66. The van der Waals surface area contributed by atoms with Crippen LogP contribution in [-0.2, 0) is 0 Å². The van der Waals surface area contributed by atoms with E-state index >= 15 is 0 Å². The number of hydrogen-bond acceptors (Lipinski definition) is 2. The molecule has 17 heavy (non-hydrogen) atoms. The van der Waals surface area contributed by atoms with Gasteiger partial charge in [-0.05, 0) is 43.9 Å². The van der Waals surface area contributed by atoms with Crippen molar-refractivity contribution in [2.75, 3.05) is 13.2 Å². The van der Waals surface area contributed by atoms with Crippen LogP contribution in [0.1, 0.15) is 26.2 Å². The maximum Gasteiger partial charge on any atom is 0.120 e. The molecule has 0 saturated heterocycles. The lowest BCUT2D eigenvalue weighted by molar-refractivity contribution is 0.226. The molecule has 0 aromatic heterocycles. The Morgan fingerprint density at radius 1 is 1.47 bits per heavy atom. The topological polar surface area (TPSA) is 21.3 Å². The second kappa shape index (κ2) is 6.41. The van der Waals surface area contributed by atoms with Crippen LogP contribution in [0.15, 0.2) is 28.7 Å². The van der Waals surface area contributed by atoms with Gasteiger partial charge < -0.3 is 10.1 Å². The smallest absolute Gasteiger partial charge is 0.120 e. The van der Waals surface area contributed by atoms with E-state index in [0.717, 1.165) is 29.3 Å². The molecule has 1 aliphatic carbocycles. The lowest BCUT2D eigenvalue weighted by atomic mass is 9.80. The summed E-state index contributed by atoms with van der Waals surface area (Å²) < 4.78 is 6.74. The van der Waals surface area contributed by atoms with E-state index in [9.17, 15) is 0 Å². The van der Waals surface area contributed by atoms with E-state index in [4.69, 9.17) is 4.74 Å². The molecule has 94 valence electrons. The number of nitrogens with one attached hydrogen (secondary N) is 1. The average molecular weight is 298 g/mol. The summed E-state index contributed by atoms with van der Waals surface area (Å²) in [7, 11) is 0. The summed E-state index contributed by atoms with van der Waals surface area (Å²) in [6, 6.07) is 8.61. The summed E-state index contributed by atoms with van der Waals surface area (Å²) in [6.45, 7) is 3.93. The molecule has 0 spiro atoms. The highest BCUT2D eigenvalue weighted by Crippen LogP contribution is 2.29. The van der Waals surface area contributed by atoms with Crippen LogP contribution in [0, 0.1) is 5.92 Å². The van der Waals surface area contributed by atoms with E-state index < -0.39 is 0 Å². The van der Waals surface area contributed by atoms with E-state index in [1.165, 1.54) is 19.3 Å². The molecule has 1 aromatic rings. The molecule has 1 saturated carbocycles. The summed E-state index contributed by atoms with van der Waals surface area (Å²) in [5, 5.41) is 3.53. The fourth-order valence-electron chi connectivity index (χ4n) is 2.12. The van der Waals surface area contributed by atoms with Crippen LogP contribution >= 0.6 is 15.9 Å². The van der Waals surface area contributed by atoms with Crippen molar-refractivity contribution in [3.8, 4) is 5.75 Å². The van der Waals surface area contributed by atoms with Crippen molar-refractivity contribution in [2.24, 2.45) is 5.92 Å². The molecule has 1 aliphatic rings.